The Morgan fingerprint density at radius 1 is 1.26 bits per heavy atom. The molecule has 1 saturated heterocycles. The van der Waals surface area contributed by atoms with Gasteiger partial charge in [0, 0.05) is 5.92 Å². The van der Waals surface area contributed by atoms with E-state index in [4.69, 9.17) is 9.47 Å². The summed E-state index contributed by atoms with van der Waals surface area (Å²) in [7, 11) is 0. The van der Waals surface area contributed by atoms with Crippen LogP contribution in [-0.2, 0) is 20.7 Å². The minimum Gasteiger partial charge on any atom is -0.465 e. The van der Waals surface area contributed by atoms with Crippen LogP contribution in [0.3, 0.4) is 0 Å². The first kappa shape index (κ1) is 21.2. The molecule has 0 spiro atoms. The van der Waals surface area contributed by atoms with Gasteiger partial charge in [-0.3, -0.25) is 9.69 Å². The van der Waals surface area contributed by atoms with Crippen molar-refractivity contribution in [1.82, 2.24) is 4.90 Å². The second-order valence-electron chi connectivity index (χ2n) is 7.93. The summed E-state index contributed by atoms with van der Waals surface area (Å²) in [5, 5.41) is 10.9. The van der Waals surface area contributed by atoms with Gasteiger partial charge in [0.05, 0.1) is 19.1 Å². The SMILES string of the molecule is CC(C)COC(=O)C[C@H](C(C)C)C(O)N1C(=O)OC[C@H]1Cc1ccccc1. The average Bonchev–Trinajstić information content (AvgIpc) is 2.98. The molecule has 1 aromatic carbocycles. The first-order valence-electron chi connectivity index (χ1n) is 9.62. The molecule has 0 saturated carbocycles. The molecule has 2 rings (SSSR count). The van der Waals surface area contributed by atoms with Gasteiger partial charge in [-0.1, -0.05) is 58.0 Å². The second kappa shape index (κ2) is 9.74. The third kappa shape index (κ3) is 5.96. The molecule has 6 heteroatoms. The molecule has 0 aliphatic carbocycles. The maximum Gasteiger partial charge on any atom is 0.412 e. The van der Waals surface area contributed by atoms with E-state index in [9.17, 15) is 14.7 Å². The summed E-state index contributed by atoms with van der Waals surface area (Å²) in [6.45, 7) is 8.37. The Balaban J connectivity index is 2.08. The molecule has 0 aromatic heterocycles. The quantitative estimate of drug-likeness (QED) is 0.669. The van der Waals surface area contributed by atoms with Gasteiger partial charge in [0.15, 0.2) is 0 Å². The average molecular weight is 377 g/mol. The van der Waals surface area contributed by atoms with Crippen molar-refractivity contribution < 1.29 is 24.2 Å². The van der Waals surface area contributed by atoms with Crippen LogP contribution >= 0.6 is 0 Å². The molecular formula is C21H31NO5. The Bertz CT molecular complexity index is 616. The van der Waals surface area contributed by atoms with E-state index >= 15 is 0 Å². The lowest BCUT2D eigenvalue weighted by molar-refractivity contribution is -0.149. The molecule has 0 radical (unpaired) electrons. The van der Waals surface area contributed by atoms with Crippen molar-refractivity contribution >= 4 is 12.1 Å². The number of ether oxygens (including phenoxy) is 2. The number of nitrogens with zero attached hydrogens (tertiary/aromatic N) is 1. The van der Waals surface area contributed by atoms with Gasteiger partial charge < -0.3 is 14.6 Å². The molecule has 6 nitrogen and oxygen atoms in total. The number of esters is 1. The number of aliphatic hydroxyl groups excluding tert-OH is 1. The molecule has 27 heavy (non-hydrogen) atoms. The zero-order valence-electron chi connectivity index (χ0n) is 16.6. The monoisotopic (exact) mass is 377 g/mol. The first-order chi connectivity index (χ1) is 12.8. The van der Waals surface area contributed by atoms with Gasteiger partial charge in [-0.25, -0.2) is 4.79 Å². The minimum absolute atomic E-state index is 0.00243. The Hall–Kier alpha value is -2.08. The number of cyclic esters (lactones) is 1. The largest absolute Gasteiger partial charge is 0.465 e. The highest BCUT2D eigenvalue weighted by molar-refractivity contribution is 5.71. The lowest BCUT2D eigenvalue weighted by Crippen LogP contribution is -2.48. The molecule has 0 bridgehead atoms. The van der Waals surface area contributed by atoms with Gasteiger partial charge in [-0.15, -0.1) is 0 Å². The summed E-state index contributed by atoms with van der Waals surface area (Å²) in [6.07, 6.45) is -0.982. The molecule has 1 heterocycles. The Labute approximate surface area is 161 Å². The molecule has 1 unspecified atom stereocenters. The van der Waals surface area contributed by atoms with Gasteiger partial charge in [0.25, 0.3) is 0 Å². The molecule has 1 aromatic rings. The van der Waals surface area contributed by atoms with Crippen molar-refractivity contribution in [1.29, 1.82) is 0 Å². The van der Waals surface area contributed by atoms with Crippen molar-refractivity contribution in [2.24, 2.45) is 17.8 Å². The fraction of sp³-hybridized carbons (Fsp3) is 0.619. The van der Waals surface area contributed by atoms with E-state index in [2.05, 4.69) is 0 Å². The summed E-state index contributed by atoms with van der Waals surface area (Å²) in [5.74, 6) is -0.528. The van der Waals surface area contributed by atoms with Gasteiger partial charge in [-0.2, -0.15) is 0 Å². The molecular weight excluding hydrogens is 346 g/mol. The Morgan fingerprint density at radius 3 is 2.52 bits per heavy atom. The number of amides is 1. The maximum atomic E-state index is 12.3. The van der Waals surface area contributed by atoms with Crippen LogP contribution in [0.25, 0.3) is 0 Å². The van der Waals surface area contributed by atoms with Crippen molar-refractivity contribution in [3.05, 3.63) is 35.9 Å². The molecule has 150 valence electrons. The third-order valence-corrected chi connectivity index (χ3v) is 4.82. The van der Waals surface area contributed by atoms with Crippen LogP contribution in [0.1, 0.15) is 39.7 Å². The van der Waals surface area contributed by atoms with Crippen LogP contribution in [0.4, 0.5) is 4.79 Å². The van der Waals surface area contributed by atoms with Gasteiger partial charge in [0.2, 0.25) is 0 Å². The predicted octanol–water partition coefficient (Wildman–Crippen LogP) is 3.23. The van der Waals surface area contributed by atoms with E-state index in [0.717, 1.165) is 5.56 Å². The van der Waals surface area contributed by atoms with Crippen molar-refractivity contribution in [3.63, 3.8) is 0 Å². The Morgan fingerprint density at radius 2 is 1.93 bits per heavy atom. The summed E-state index contributed by atoms with van der Waals surface area (Å²) < 4.78 is 10.5. The fourth-order valence-corrected chi connectivity index (χ4v) is 3.24. The number of rotatable bonds is 9. The summed E-state index contributed by atoms with van der Waals surface area (Å²) >= 11 is 0. The normalized spacial score (nSPS) is 19.3. The van der Waals surface area contributed by atoms with E-state index in [1.807, 2.05) is 58.0 Å². The zero-order chi connectivity index (χ0) is 20.0. The topological polar surface area (TPSA) is 76.1 Å². The van der Waals surface area contributed by atoms with Gasteiger partial charge in [0.1, 0.15) is 12.8 Å². The highest BCUT2D eigenvalue weighted by Crippen LogP contribution is 2.28. The van der Waals surface area contributed by atoms with Crippen LogP contribution in [0.15, 0.2) is 30.3 Å². The van der Waals surface area contributed by atoms with Crippen molar-refractivity contribution in [2.75, 3.05) is 13.2 Å². The molecule has 1 aliphatic heterocycles. The van der Waals surface area contributed by atoms with Crippen molar-refractivity contribution in [2.45, 2.75) is 52.8 Å². The number of aliphatic hydroxyl groups is 1. The van der Waals surface area contributed by atoms with Crippen LogP contribution in [-0.4, -0.2) is 47.6 Å². The standard InChI is InChI=1S/C21H31NO5/c1-14(2)12-26-19(23)11-18(15(3)4)20(24)22-17(13-27-21(22)25)10-16-8-6-5-7-9-16/h5-9,14-15,17-18,20,24H,10-13H2,1-4H3/t17-,18-,20?/m1/s1. The first-order valence-corrected chi connectivity index (χ1v) is 9.62. The predicted molar refractivity (Wildman–Crippen MR) is 102 cm³/mol. The lowest BCUT2D eigenvalue weighted by Gasteiger charge is -2.34. The molecule has 1 fully saturated rings. The van der Waals surface area contributed by atoms with E-state index in [-0.39, 0.29) is 36.9 Å². The van der Waals surface area contributed by atoms with Crippen molar-refractivity contribution in [3.8, 4) is 0 Å². The van der Waals surface area contributed by atoms with Gasteiger partial charge >= 0.3 is 12.1 Å². The third-order valence-electron chi connectivity index (χ3n) is 4.82. The summed E-state index contributed by atoms with van der Waals surface area (Å²) in [6, 6.07) is 9.52. The van der Waals surface area contributed by atoms with Crippen LogP contribution < -0.4 is 0 Å². The van der Waals surface area contributed by atoms with Crippen LogP contribution in [0.2, 0.25) is 0 Å². The molecule has 1 aliphatic rings. The number of hydrogen-bond donors (Lipinski definition) is 1. The fourth-order valence-electron chi connectivity index (χ4n) is 3.24. The second-order valence-corrected chi connectivity index (χ2v) is 7.93. The van der Waals surface area contributed by atoms with Crippen LogP contribution in [0.5, 0.6) is 0 Å². The van der Waals surface area contributed by atoms with Gasteiger partial charge in [-0.05, 0) is 23.8 Å². The van der Waals surface area contributed by atoms with Crippen LogP contribution in [0, 0.1) is 17.8 Å². The summed E-state index contributed by atoms with van der Waals surface area (Å²) in [4.78, 5) is 25.8. The minimum atomic E-state index is -1.10. The highest BCUT2D eigenvalue weighted by atomic mass is 16.6. The number of carbonyl (C=O) groups excluding carboxylic acids is 2. The molecule has 1 N–H and O–H groups in total. The maximum absolute atomic E-state index is 12.3. The van der Waals surface area contributed by atoms with E-state index in [1.54, 1.807) is 0 Å². The number of benzene rings is 1. The number of carbonyl (C=O) groups is 2. The smallest absolute Gasteiger partial charge is 0.412 e. The molecule has 3 atom stereocenters. The summed E-state index contributed by atoms with van der Waals surface area (Å²) in [5.41, 5.74) is 1.07. The zero-order valence-corrected chi connectivity index (χ0v) is 16.6. The van der Waals surface area contributed by atoms with E-state index in [0.29, 0.717) is 13.0 Å². The number of hydrogen-bond acceptors (Lipinski definition) is 5. The highest BCUT2D eigenvalue weighted by Gasteiger charge is 2.42. The van der Waals surface area contributed by atoms with E-state index < -0.39 is 18.2 Å². The Kier molecular flexibility index (Phi) is 7.66. The molecule has 1 amide bonds. The van der Waals surface area contributed by atoms with E-state index in [1.165, 1.54) is 4.90 Å². The lowest BCUT2D eigenvalue weighted by atomic mass is 9.89.